The molecule has 1 amide bonds. The van der Waals surface area contributed by atoms with Crippen LogP contribution in [0.15, 0.2) is 54.2 Å². The van der Waals surface area contributed by atoms with Gasteiger partial charge in [0.1, 0.15) is 0 Å². The number of carbonyl (C=O) groups excluding carboxylic acids is 1. The van der Waals surface area contributed by atoms with Crippen molar-refractivity contribution in [2.45, 2.75) is 13.5 Å². The molecule has 0 radical (unpaired) electrons. The van der Waals surface area contributed by atoms with Crippen molar-refractivity contribution in [3.8, 4) is 5.69 Å². The van der Waals surface area contributed by atoms with Crippen LogP contribution in [0, 0.1) is 6.92 Å². The highest BCUT2D eigenvalue weighted by atomic mass is 32.1. The van der Waals surface area contributed by atoms with Gasteiger partial charge in [0.2, 0.25) is 0 Å². The van der Waals surface area contributed by atoms with E-state index in [0.717, 1.165) is 5.69 Å². The van der Waals surface area contributed by atoms with E-state index >= 15 is 0 Å². The van der Waals surface area contributed by atoms with Crippen molar-refractivity contribution in [3.63, 3.8) is 0 Å². The summed E-state index contributed by atoms with van der Waals surface area (Å²) < 4.78 is 1.77. The number of hydrogen-bond acceptors (Lipinski definition) is 3. The number of carbonyl (C=O) groups is 1. The minimum atomic E-state index is 0.0276. The summed E-state index contributed by atoms with van der Waals surface area (Å²) in [6.07, 6.45) is 3.61. The summed E-state index contributed by atoms with van der Waals surface area (Å²) >= 11 is 1.69. The number of amides is 1. The third kappa shape index (κ3) is 2.94. The van der Waals surface area contributed by atoms with Crippen molar-refractivity contribution < 1.29 is 4.79 Å². The molecule has 0 atom stereocenters. The van der Waals surface area contributed by atoms with Gasteiger partial charge in [-0.3, -0.25) is 4.79 Å². The zero-order valence-electron chi connectivity index (χ0n) is 12.6. The Balaban J connectivity index is 1.73. The second-order valence-electron chi connectivity index (χ2n) is 5.19. The van der Waals surface area contributed by atoms with Crippen LogP contribution in [0.1, 0.15) is 20.8 Å². The van der Waals surface area contributed by atoms with Crippen molar-refractivity contribution in [3.05, 3.63) is 70.2 Å². The minimum Gasteiger partial charge on any atom is -0.337 e. The molecule has 0 saturated carbocycles. The summed E-state index contributed by atoms with van der Waals surface area (Å²) in [7, 11) is 1.84. The normalized spacial score (nSPS) is 10.6. The van der Waals surface area contributed by atoms with Crippen LogP contribution in [0.25, 0.3) is 5.69 Å². The van der Waals surface area contributed by atoms with E-state index in [1.54, 1.807) is 27.1 Å². The minimum absolute atomic E-state index is 0.0276. The lowest BCUT2D eigenvalue weighted by Gasteiger charge is -2.17. The van der Waals surface area contributed by atoms with Crippen LogP contribution >= 0.6 is 11.3 Å². The highest BCUT2D eigenvalue weighted by Crippen LogP contribution is 2.18. The van der Waals surface area contributed by atoms with Gasteiger partial charge in [-0.2, -0.15) is 5.10 Å². The summed E-state index contributed by atoms with van der Waals surface area (Å²) in [4.78, 5) is 15.5. The van der Waals surface area contributed by atoms with Gasteiger partial charge in [-0.15, -0.1) is 11.3 Å². The number of benzene rings is 1. The van der Waals surface area contributed by atoms with Gasteiger partial charge in [-0.05, 0) is 54.3 Å². The second-order valence-corrected chi connectivity index (χ2v) is 6.19. The maximum absolute atomic E-state index is 12.5. The molecule has 2 heterocycles. The Morgan fingerprint density at radius 3 is 2.64 bits per heavy atom. The number of rotatable bonds is 4. The largest absolute Gasteiger partial charge is 0.337 e. The van der Waals surface area contributed by atoms with Crippen LogP contribution in [-0.2, 0) is 6.54 Å². The number of thiophene rings is 1. The van der Waals surface area contributed by atoms with Crippen LogP contribution in [-0.4, -0.2) is 27.6 Å². The third-order valence-corrected chi connectivity index (χ3v) is 4.59. The molecule has 0 fully saturated rings. The molecule has 0 aliphatic rings. The summed E-state index contributed by atoms with van der Waals surface area (Å²) in [6.45, 7) is 2.71. The molecule has 2 aromatic heterocycles. The molecule has 5 heteroatoms. The van der Waals surface area contributed by atoms with Crippen LogP contribution in [0.2, 0.25) is 0 Å². The Bertz CT molecular complexity index is 760. The lowest BCUT2D eigenvalue weighted by atomic mass is 10.2. The van der Waals surface area contributed by atoms with Crippen molar-refractivity contribution in [2.24, 2.45) is 0 Å². The SMILES string of the molecule is Cc1ccsc1CN(C)C(=O)c1ccc(-n2cccn2)cc1. The molecular weight excluding hydrogens is 294 g/mol. The third-order valence-electron chi connectivity index (χ3n) is 3.58. The van der Waals surface area contributed by atoms with Gasteiger partial charge in [-0.25, -0.2) is 4.68 Å². The van der Waals surface area contributed by atoms with Gasteiger partial charge in [0.05, 0.1) is 12.2 Å². The number of aromatic nitrogens is 2. The fraction of sp³-hybridized carbons (Fsp3) is 0.176. The summed E-state index contributed by atoms with van der Waals surface area (Å²) in [6, 6.07) is 11.5. The summed E-state index contributed by atoms with van der Waals surface area (Å²) in [5.74, 6) is 0.0276. The lowest BCUT2D eigenvalue weighted by molar-refractivity contribution is 0.0786. The van der Waals surface area contributed by atoms with Crippen molar-refractivity contribution in [1.82, 2.24) is 14.7 Å². The average molecular weight is 311 g/mol. The topological polar surface area (TPSA) is 38.1 Å². The molecule has 1 aromatic carbocycles. The van der Waals surface area contributed by atoms with Gasteiger partial charge < -0.3 is 4.90 Å². The fourth-order valence-corrected chi connectivity index (χ4v) is 3.21. The zero-order chi connectivity index (χ0) is 15.5. The lowest BCUT2D eigenvalue weighted by Crippen LogP contribution is -2.26. The molecule has 3 aromatic rings. The quantitative estimate of drug-likeness (QED) is 0.739. The molecule has 4 nitrogen and oxygen atoms in total. The molecule has 0 saturated heterocycles. The fourth-order valence-electron chi connectivity index (χ4n) is 2.25. The van der Waals surface area contributed by atoms with E-state index in [9.17, 15) is 4.79 Å². The molecule has 0 N–H and O–H groups in total. The van der Waals surface area contributed by atoms with Gasteiger partial charge in [0.25, 0.3) is 5.91 Å². The molecule has 22 heavy (non-hydrogen) atoms. The molecule has 3 rings (SSSR count). The second kappa shape index (κ2) is 6.15. The summed E-state index contributed by atoms with van der Waals surface area (Å²) in [5.41, 5.74) is 2.87. The summed E-state index contributed by atoms with van der Waals surface area (Å²) in [5, 5.41) is 6.24. The smallest absolute Gasteiger partial charge is 0.253 e. The van der Waals surface area contributed by atoms with Gasteiger partial charge in [0, 0.05) is 29.9 Å². The number of nitrogens with zero attached hydrogens (tertiary/aromatic N) is 3. The van der Waals surface area contributed by atoms with Crippen LogP contribution in [0.4, 0.5) is 0 Å². The average Bonchev–Trinajstić information content (AvgIpc) is 3.19. The highest BCUT2D eigenvalue weighted by Gasteiger charge is 2.13. The van der Waals surface area contributed by atoms with Gasteiger partial charge in [-0.1, -0.05) is 0 Å². The van der Waals surface area contributed by atoms with Gasteiger partial charge in [0.15, 0.2) is 0 Å². The predicted molar refractivity (Wildman–Crippen MR) is 88.4 cm³/mol. The van der Waals surface area contributed by atoms with E-state index in [-0.39, 0.29) is 5.91 Å². The van der Waals surface area contributed by atoms with Gasteiger partial charge >= 0.3 is 0 Å². The molecule has 0 aliphatic heterocycles. The van der Waals surface area contributed by atoms with Crippen molar-refractivity contribution in [2.75, 3.05) is 7.05 Å². The Kier molecular flexibility index (Phi) is 4.06. The maximum atomic E-state index is 12.5. The first kappa shape index (κ1) is 14.5. The first-order chi connectivity index (χ1) is 10.6. The number of hydrogen-bond donors (Lipinski definition) is 0. The maximum Gasteiger partial charge on any atom is 0.253 e. The van der Waals surface area contributed by atoms with Crippen molar-refractivity contribution >= 4 is 17.2 Å². The molecule has 0 unspecified atom stereocenters. The monoisotopic (exact) mass is 311 g/mol. The molecule has 112 valence electrons. The number of aryl methyl sites for hydroxylation is 1. The highest BCUT2D eigenvalue weighted by molar-refractivity contribution is 7.10. The predicted octanol–water partition coefficient (Wildman–Crippen LogP) is 3.51. The van der Waals surface area contributed by atoms with Crippen LogP contribution in [0.5, 0.6) is 0 Å². The zero-order valence-corrected chi connectivity index (χ0v) is 13.4. The van der Waals surface area contributed by atoms with E-state index < -0.39 is 0 Å². The molecule has 0 aliphatic carbocycles. The Morgan fingerprint density at radius 2 is 2.05 bits per heavy atom. The van der Waals surface area contributed by atoms with Crippen LogP contribution < -0.4 is 0 Å². The first-order valence-electron chi connectivity index (χ1n) is 7.03. The molecule has 0 spiro atoms. The van der Waals surface area contributed by atoms with E-state index in [4.69, 9.17) is 0 Å². The molecule has 0 bridgehead atoms. The van der Waals surface area contributed by atoms with Crippen LogP contribution in [0.3, 0.4) is 0 Å². The van der Waals surface area contributed by atoms with E-state index in [2.05, 4.69) is 23.5 Å². The first-order valence-corrected chi connectivity index (χ1v) is 7.91. The molecular formula is C17H17N3OS. The Hall–Kier alpha value is -2.40. The van der Waals surface area contributed by atoms with E-state index in [0.29, 0.717) is 12.1 Å². The van der Waals surface area contributed by atoms with E-state index in [1.807, 2.05) is 43.6 Å². The Morgan fingerprint density at radius 1 is 1.27 bits per heavy atom. The Labute approximate surface area is 133 Å². The van der Waals surface area contributed by atoms with E-state index in [1.165, 1.54) is 10.4 Å². The van der Waals surface area contributed by atoms with Crippen molar-refractivity contribution in [1.29, 1.82) is 0 Å². The standard InChI is InChI=1S/C17H17N3OS/c1-13-8-11-22-16(13)12-19(2)17(21)14-4-6-15(7-5-14)20-10-3-9-18-20/h3-11H,12H2,1-2H3.